The predicted molar refractivity (Wildman–Crippen MR) is 90.3 cm³/mol. The van der Waals surface area contributed by atoms with E-state index in [1.807, 2.05) is 19.9 Å². The molecule has 0 bridgehead atoms. The summed E-state index contributed by atoms with van der Waals surface area (Å²) in [6.07, 6.45) is 2.69. The highest BCUT2D eigenvalue weighted by atomic mass is 16.5. The van der Waals surface area contributed by atoms with Crippen LogP contribution in [0.4, 0.5) is 0 Å². The van der Waals surface area contributed by atoms with Gasteiger partial charge >= 0.3 is 5.97 Å². The van der Waals surface area contributed by atoms with Crippen molar-refractivity contribution in [2.75, 3.05) is 21.3 Å². The molecule has 4 nitrogen and oxygen atoms in total. The van der Waals surface area contributed by atoms with Crippen LogP contribution in [0.15, 0.2) is 29.5 Å². The zero-order valence-corrected chi connectivity index (χ0v) is 14.6. The van der Waals surface area contributed by atoms with Gasteiger partial charge in [-0.3, -0.25) is 0 Å². The van der Waals surface area contributed by atoms with E-state index in [0.29, 0.717) is 11.3 Å². The molecule has 1 aliphatic rings. The second-order valence-corrected chi connectivity index (χ2v) is 5.89. The Hall–Kier alpha value is -2.23. The first kappa shape index (κ1) is 17.1. The number of carbonyl (C=O) groups is 1. The van der Waals surface area contributed by atoms with Crippen LogP contribution in [0.2, 0.25) is 0 Å². The highest BCUT2D eigenvalue weighted by Crippen LogP contribution is 2.37. The van der Waals surface area contributed by atoms with Gasteiger partial charge in [-0.2, -0.15) is 0 Å². The molecule has 0 aliphatic heterocycles. The van der Waals surface area contributed by atoms with E-state index in [4.69, 9.17) is 14.2 Å². The van der Waals surface area contributed by atoms with Crippen molar-refractivity contribution in [1.82, 2.24) is 0 Å². The zero-order chi connectivity index (χ0) is 17.1. The second kappa shape index (κ2) is 6.90. The third-order valence-corrected chi connectivity index (χ3v) is 4.22. The zero-order valence-electron chi connectivity index (χ0n) is 14.6. The quantitative estimate of drug-likeness (QED) is 0.792. The van der Waals surface area contributed by atoms with Crippen molar-refractivity contribution in [3.63, 3.8) is 0 Å². The lowest BCUT2D eigenvalue weighted by Crippen LogP contribution is -2.17. The molecule has 0 saturated heterocycles. The summed E-state index contributed by atoms with van der Waals surface area (Å²) in [6, 6.07) is 4.19. The molecule has 0 spiro atoms. The molecule has 2 rings (SSSR count). The maximum Gasteiger partial charge on any atom is 0.341 e. The van der Waals surface area contributed by atoms with E-state index in [-0.39, 0.29) is 11.9 Å². The van der Waals surface area contributed by atoms with E-state index in [1.54, 1.807) is 14.2 Å². The number of aryl methyl sites for hydroxylation is 2. The topological polar surface area (TPSA) is 44.8 Å². The van der Waals surface area contributed by atoms with Gasteiger partial charge < -0.3 is 14.2 Å². The van der Waals surface area contributed by atoms with Crippen LogP contribution >= 0.6 is 0 Å². The molecule has 0 saturated carbocycles. The van der Waals surface area contributed by atoms with E-state index in [0.717, 1.165) is 34.4 Å². The summed E-state index contributed by atoms with van der Waals surface area (Å²) in [5.74, 6) is 1.34. The Balaban J connectivity index is 2.54. The van der Waals surface area contributed by atoms with Crippen LogP contribution < -0.4 is 4.74 Å². The molecule has 0 heterocycles. The van der Waals surface area contributed by atoms with Gasteiger partial charge in [-0.05, 0) is 60.7 Å². The number of methoxy groups -OCH3 is 3. The van der Waals surface area contributed by atoms with Crippen LogP contribution in [0.1, 0.15) is 30.0 Å². The van der Waals surface area contributed by atoms with Crippen molar-refractivity contribution >= 4 is 11.5 Å². The maximum absolute atomic E-state index is 12.1. The Morgan fingerprint density at radius 3 is 2.17 bits per heavy atom. The largest absolute Gasteiger partial charge is 0.500 e. The van der Waals surface area contributed by atoms with Gasteiger partial charge in [0.25, 0.3) is 0 Å². The fourth-order valence-corrected chi connectivity index (χ4v) is 3.23. The molecule has 0 radical (unpaired) electrons. The van der Waals surface area contributed by atoms with Crippen LogP contribution in [0.5, 0.6) is 5.75 Å². The normalized spacial score (nSPS) is 17.7. The predicted octanol–water partition coefficient (Wildman–Crippen LogP) is 3.81. The molecule has 0 fully saturated rings. The Morgan fingerprint density at radius 1 is 1.09 bits per heavy atom. The minimum Gasteiger partial charge on any atom is -0.500 e. The summed E-state index contributed by atoms with van der Waals surface area (Å²) < 4.78 is 15.7. The molecule has 4 heteroatoms. The fraction of sp³-hybridized carbons (Fsp3) is 0.421. The smallest absolute Gasteiger partial charge is 0.341 e. The summed E-state index contributed by atoms with van der Waals surface area (Å²) in [6.45, 7) is 6.11. The first-order chi connectivity index (χ1) is 10.9. The molecule has 1 aromatic carbocycles. The number of carbonyl (C=O) groups excluding carboxylic acids is 1. The number of allylic oxidation sites excluding steroid dienone is 2. The van der Waals surface area contributed by atoms with Crippen molar-refractivity contribution in [1.29, 1.82) is 0 Å². The lowest BCUT2D eigenvalue weighted by Gasteiger charge is -2.24. The standard InChI is InChI=1S/C19H24O4/c1-11-7-14(8-12(2)17(11)21-4)15-9-13(3)18(22-5)16(10-15)19(20)23-6/h7-8,10,13H,9H2,1-6H3. The highest BCUT2D eigenvalue weighted by Gasteiger charge is 2.27. The van der Waals surface area contributed by atoms with E-state index >= 15 is 0 Å². The number of rotatable bonds is 4. The Labute approximate surface area is 137 Å². The summed E-state index contributed by atoms with van der Waals surface area (Å²) in [5.41, 5.74) is 4.86. The minimum atomic E-state index is -0.368. The van der Waals surface area contributed by atoms with E-state index in [2.05, 4.69) is 19.1 Å². The van der Waals surface area contributed by atoms with Crippen molar-refractivity contribution in [3.05, 3.63) is 46.2 Å². The van der Waals surface area contributed by atoms with E-state index < -0.39 is 0 Å². The lowest BCUT2D eigenvalue weighted by atomic mass is 9.85. The van der Waals surface area contributed by atoms with Crippen LogP contribution in [-0.4, -0.2) is 27.3 Å². The van der Waals surface area contributed by atoms with Gasteiger partial charge in [0.2, 0.25) is 0 Å². The third kappa shape index (κ3) is 3.26. The van der Waals surface area contributed by atoms with Gasteiger partial charge in [-0.15, -0.1) is 0 Å². The van der Waals surface area contributed by atoms with Gasteiger partial charge in [0, 0.05) is 5.92 Å². The Kier molecular flexibility index (Phi) is 5.14. The summed E-state index contributed by atoms with van der Waals surface area (Å²) in [7, 11) is 4.66. The van der Waals surface area contributed by atoms with Crippen molar-refractivity contribution in [3.8, 4) is 5.75 Å². The third-order valence-electron chi connectivity index (χ3n) is 4.22. The molecular formula is C19H24O4. The minimum absolute atomic E-state index is 0.122. The van der Waals surface area contributed by atoms with Gasteiger partial charge in [-0.25, -0.2) is 4.79 Å². The second-order valence-electron chi connectivity index (χ2n) is 5.89. The molecular weight excluding hydrogens is 292 g/mol. The number of ether oxygens (including phenoxy) is 3. The maximum atomic E-state index is 12.1. The summed E-state index contributed by atoms with van der Waals surface area (Å²) in [5, 5.41) is 0. The average Bonchev–Trinajstić information content (AvgIpc) is 2.52. The fourth-order valence-electron chi connectivity index (χ4n) is 3.23. The number of hydrogen-bond donors (Lipinski definition) is 0. The van der Waals surface area contributed by atoms with Gasteiger partial charge in [0.1, 0.15) is 11.5 Å². The van der Waals surface area contributed by atoms with Crippen LogP contribution in [0.25, 0.3) is 5.57 Å². The molecule has 1 aliphatic carbocycles. The van der Waals surface area contributed by atoms with Gasteiger partial charge in [0.15, 0.2) is 0 Å². The van der Waals surface area contributed by atoms with Crippen molar-refractivity contribution in [2.45, 2.75) is 27.2 Å². The average molecular weight is 316 g/mol. The molecule has 0 aromatic heterocycles. The van der Waals surface area contributed by atoms with Crippen LogP contribution in [0, 0.1) is 19.8 Å². The molecule has 1 aromatic rings. The number of benzene rings is 1. The molecule has 0 N–H and O–H groups in total. The first-order valence-electron chi connectivity index (χ1n) is 7.65. The molecule has 0 amide bonds. The highest BCUT2D eigenvalue weighted by molar-refractivity contribution is 5.95. The first-order valence-corrected chi connectivity index (χ1v) is 7.65. The van der Waals surface area contributed by atoms with Crippen molar-refractivity contribution in [2.24, 2.45) is 5.92 Å². The van der Waals surface area contributed by atoms with Crippen LogP contribution in [0.3, 0.4) is 0 Å². The van der Waals surface area contributed by atoms with Crippen molar-refractivity contribution < 1.29 is 19.0 Å². The monoisotopic (exact) mass is 316 g/mol. The Morgan fingerprint density at radius 2 is 1.70 bits per heavy atom. The summed E-state index contributed by atoms with van der Waals surface area (Å²) in [4.78, 5) is 12.1. The summed E-state index contributed by atoms with van der Waals surface area (Å²) >= 11 is 0. The Bertz CT molecular complexity index is 660. The van der Waals surface area contributed by atoms with E-state index in [9.17, 15) is 4.79 Å². The number of hydrogen-bond acceptors (Lipinski definition) is 4. The van der Waals surface area contributed by atoms with E-state index in [1.165, 1.54) is 7.11 Å². The molecule has 1 atom stereocenters. The molecule has 124 valence electrons. The SMILES string of the molecule is COC(=O)C1=C(OC)C(C)CC(c2cc(C)c(OC)c(C)c2)=C1. The molecule has 23 heavy (non-hydrogen) atoms. The lowest BCUT2D eigenvalue weighted by molar-refractivity contribution is -0.136. The van der Waals surface area contributed by atoms with Gasteiger partial charge in [0.05, 0.1) is 26.9 Å². The number of esters is 1. The van der Waals surface area contributed by atoms with Crippen LogP contribution in [-0.2, 0) is 14.3 Å². The van der Waals surface area contributed by atoms with Gasteiger partial charge in [-0.1, -0.05) is 6.92 Å². The molecule has 1 unspecified atom stereocenters.